The molecule has 0 fully saturated rings. The van der Waals surface area contributed by atoms with Crippen LogP contribution in [0.1, 0.15) is 11.4 Å². The lowest BCUT2D eigenvalue weighted by atomic mass is 10.1. The van der Waals surface area contributed by atoms with Crippen LogP contribution in [-0.2, 0) is 4.74 Å². The topological polar surface area (TPSA) is 108 Å². The summed E-state index contributed by atoms with van der Waals surface area (Å²) < 4.78 is 6.47. The molecular formula is C36H36N8OPS2+. The largest absolute Gasteiger partial charge is 0.364 e. The SMILES string of the molecule is CNC(=S)N/N=C(/C(=N/NC(=S)NCCOC[P+](c1ccccc1)(c1ccccc1)c1ccccc1)c1ccccc1)c1ncccn1. The average molecular weight is 692 g/mol. The Kier molecular flexibility index (Phi) is 12.8. The van der Waals surface area contributed by atoms with Crippen LogP contribution in [0.25, 0.3) is 0 Å². The third-order valence-electron chi connectivity index (χ3n) is 7.22. The molecule has 0 saturated heterocycles. The maximum atomic E-state index is 6.47. The monoisotopic (exact) mass is 691 g/mol. The Bertz CT molecular complexity index is 1720. The predicted octanol–water partition coefficient (Wildman–Crippen LogP) is 4.11. The van der Waals surface area contributed by atoms with E-state index in [1.54, 1.807) is 25.5 Å². The predicted molar refractivity (Wildman–Crippen MR) is 206 cm³/mol. The molecule has 0 amide bonds. The van der Waals surface area contributed by atoms with Crippen LogP contribution in [-0.4, -0.2) is 58.2 Å². The molecule has 0 aliphatic carbocycles. The fourth-order valence-corrected chi connectivity index (χ4v) is 8.93. The maximum Gasteiger partial charge on any atom is 0.187 e. The first-order valence-corrected chi connectivity index (χ1v) is 18.0. The average Bonchev–Trinajstić information content (AvgIpc) is 3.16. The van der Waals surface area contributed by atoms with Crippen LogP contribution < -0.4 is 37.4 Å². The van der Waals surface area contributed by atoms with E-state index in [9.17, 15) is 0 Å². The summed E-state index contributed by atoms with van der Waals surface area (Å²) in [7, 11) is -0.392. The second-order valence-electron chi connectivity index (χ2n) is 10.3. The molecule has 4 aromatic carbocycles. The van der Waals surface area contributed by atoms with E-state index < -0.39 is 7.26 Å². The van der Waals surface area contributed by atoms with Gasteiger partial charge in [0.25, 0.3) is 0 Å². The van der Waals surface area contributed by atoms with Gasteiger partial charge in [0.2, 0.25) is 0 Å². The number of rotatable bonds is 13. The van der Waals surface area contributed by atoms with E-state index in [-0.39, 0.29) is 0 Å². The minimum absolute atomic E-state index is 0.328. The molecule has 12 heteroatoms. The Hall–Kier alpha value is -4.93. The number of ether oxygens (including phenoxy) is 1. The first kappa shape index (κ1) is 34.4. The molecule has 1 heterocycles. The number of aromatic nitrogens is 2. The summed E-state index contributed by atoms with van der Waals surface area (Å²) in [4.78, 5) is 8.79. The lowest BCUT2D eigenvalue weighted by Gasteiger charge is -2.27. The maximum absolute atomic E-state index is 6.47. The third kappa shape index (κ3) is 8.90. The van der Waals surface area contributed by atoms with Crippen molar-refractivity contribution in [1.82, 2.24) is 31.5 Å². The highest BCUT2D eigenvalue weighted by atomic mass is 32.1. The summed E-state index contributed by atoms with van der Waals surface area (Å²) in [6.45, 7) is 0.905. The Morgan fingerprint density at radius 1 is 0.646 bits per heavy atom. The van der Waals surface area contributed by atoms with Crippen LogP contribution in [0.2, 0.25) is 0 Å². The number of nitrogens with one attached hydrogen (secondary N) is 4. The molecule has 1 aromatic heterocycles. The van der Waals surface area contributed by atoms with Crippen molar-refractivity contribution in [2.45, 2.75) is 0 Å². The smallest absolute Gasteiger partial charge is 0.187 e. The van der Waals surface area contributed by atoms with Crippen molar-refractivity contribution in [1.29, 1.82) is 0 Å². The Morgan fingerprint density at radius 3 is 1.65 bits per heavy atom. The fourth-order valence-electron chi connectivity index (χ4n) is 4.95. The van der Waals surface area contributed by atoms with Crippen molar-refractivity contribution < 1.29 is 4.74 Å². The standard InChI is InChI=1S/C36H35N8OPS2/c1-37-35(47)43-42-33(34-38-23-14-24-39-34)32(28-15-6-2-7-16-28)41-44-36(48)40-25-26-45-27-46(29-17-8-3-9-18-29,30-19-10-4-11-20-30)31-21-12-5-13-22-31/h2-24H,25-27H2,1H3,(H3-,37,38,39,40,41,42,43,44,47,48)/p+1. The Morgan fingerprint density at radius 2 is 1.12 bits per heavy atom. The quantitative estimate of drug-likeness (QED) is 0.0477. The Labute approximate surface area is 292 Å². The molecule has 0 aliphatic rings. The van der Waals surface area contributed by atoms with Gasteiger partial charge in [-0.05, 0) is 66.9 Å². The second kappa shape index (κ2) is 17.8. The van der Waals surface area contributed by atoms with Gasteiger partial charge in [-0.3, -0.25) is 10.9 Å². The van der Waals surface area contributed by atoms with E-state index >= 15 is 0 Å². The van der Waals surface area contributed by atoms with E-state index in [1.165, 1.54) is 15.9 Å². The van der Waals surface area contributed by atoms with Gasteiger partial charge < -0.3 is 15.4 Å². The van der Waals surface area contributed by atoms with Crippen molar-refractivity contribution in [3.63, 3.8) is 0 Å². The number of nitrogens with zero attached hydrogens (tertiary/aromatic N) is 4. The van der Waals surface area contributed by atoms with Gasteiger partial charge in [0, 0.05) is 31.5 Å². The molecule has 0 saturated carbocycles. The zero-order valence-electron chi connectivity index (χ0n) is 26.4. The van der Waals surface area contributed by atoms with Gasteiger partial charge in [0.15, 0.2) is 28.1 Å². The minimum Gasteiger partial charge on any atom is -0.364 e. The molecule has 48 heavy (non-hydrogen) atoms. The molecule has 0 unspecified atom stereocenters. The molecule has 5 aromatic rings. The number of hydrogen-bond donors (Lipinski definition) is 4. The summed E-state index contributed by atoms with van der Waals surface area (Å²) in [5.74, 6) is 0.364. The lowest BCUT2D eigenvalue weighted by molar-refractivity contribution is 0.185. The minimum atomic E-state index is -2.10. The molecule has 0 atom stereocenters. The van der Waals surface area contributed by atoms with Crippen LogP contribution in [0, 0.1) is 0 Å². The number of hydrogen-bond acceptors (Lipinski definition) is 7. The zero-order chi connectivity index (χ0) is 33.4. The molecule has 242 valence electrons. The van der Waals surface area contributed by atoms with Crippen molar-refractivity contribution >= 4 is 69.3 Å². The highest BCUT2D eigenvalue weighted by Gasteiger charge is 2.45. The first-order valence-electron chi connectivity index (χ1n) is 15.2. The van der Waals surface area contributed by atoms with Gasteiger partial charge in [0.1, 0.15) is 28.9 Å². The van der Waals surface area contributed by atoms with Crippen LogP contribution in [0.5, 0.6) is 0 Å². The highest BCUT2D eigenvalue weighted by Crippen LogP contribution is 2.55. The number of hydrazone groups is 2. The van der Waals surface area contributed by atoms with Gasteiger partial charge in [-0.1, -0.05) is 84.9 Å². The Balaban J connectivity index is 1.30. The molecule has 0 radical (unpaired) electrons. The summed E-state index contributed by atoms with van der Waals surface area (Å²) >= 11 is 10.9. The molecular weight excluding hydrogens is 656 g/mol. The van der Waals surface area contributed by atoms with Crippen molar-refractivity contribution in [2.24, 2.45) is 10.2 Å². The van der Waals surface area contributed by atoms with Crippen molar-refractivity contribution in [3.05, 3.63) is 151 Å². The van der Waals surface area contributed by atoms with Crippen molar-refractivity contribution in [2.75, 3.05) is 26.5 Å². The lowest BCUT2D eigenvalue weighted by Crippen LogP contribution is -2.37. The number of thiocarbonyl (C=S) groups is 2. The van der Waals surface area contributed by atoms with Gasteiger partial charge in [0.05, 0.1) is 6.61 Å². The summed E-state index contributed by atoms with van der Waals surface area (Å²) in [5.41, 5.74) is 7.41. The first-order chi connectivity index (χ1) is 23.6. The van der Waals surface area contributed by atoms with E-state index in [0.717, 1.165) is 5.56 Å². The van der Waals surface area contributed by atoms with Crippen LogP contribution >= 0.6 is 31.7 Å². The zero-order valence-corrected chi connectivity index (χ0v) is 28.9. The van der Waals surface area contributed by atoms with E-state index in [1.807, 2.05) is 48.5 Å². The summed E-state index contributed by atoms with van der Waals surface area (Å²) in [6.07, 6.45) is 3.82. The molecule has 0 aliphatic heterocycles. The normalized spacial score (nSPS) is 11.8. The molecule has 9 nitrogen and oxygen atoms in total. The van der Waals surface area contributed by atoms with Crippen molar-refractivity contribution in [3.8, 4) is 0 Å². The third-order valence-corrected chi connectivity index (χ3v) is 11.9. The summed E-state index contributed by atoms with van der Waals surface area (Å²) in [5, 5.41) is 19.7. The van der Waals surface area contributed by atoms with Crippen LogP contribution in [0.3, 0.4) is 0 Å². The summed E-state index contributed by atoms with van der Waals surface area (Å²) in [6, 6.07) is 43.3. The van der Waals surface area contributed by atoms with Gasteiger partial charge in [-0.25, -0.2) is 9.97 Å². The van der Waals surface area contributed by atoms with Gasteiger partial charge in [-0.2, -0.15) is 10.2 Å². The molecule has 0 spiro atoms. The number of benzene rings is 4. The van der Waals surface area contributed by atoms with Crippen LogP contribution in [0.4, 0.5) is 0 Å². The molecule has 0 bridgehead atoms. The van der Waals surface area contributed by atoms with E-state index in [0.29, 0.717) is 47.0 Å². The fraction of sp³-hybridized carbons (Fsp3) is 0.111. The van der Waals surface area contributed by atoms with E-state index in [4.69, 9.17) is 29.2 Å². The van der Waals surface area contributed by atoms with E-state index in [2.05, 4.69) is 114 Å². The van der Waals surface area contributed by atoms with Crippen LogP contribution in [0.15, 0.2) is 150 Å². The van der Waals surface area contributed by atoms with Gasteiger partial charge >= 0.3 is 0 Å². The molecule has 4 N–H and O–H groups in total. The molecule has 5 rings (SSSR count). The second-order valence-corrected chi connectivity index (χ2v) is 14.5. The highest BCUT2D eigenvalue weighted by molar-refractivity contribution is 7.95. The van der Waals surface area contributed by atoms with Gasteiger partial charge in [-0.15, -0.1) is 0 Å².